The van der Waals surface area contributed by atoms with Crippen LogP contribution < -0.4 is 10.6 Å². The van der Waals surface area contributed by atoms with Gasteiger partial charge in [0, 0.05) is 19.6 Å². The molecule has 0 radical (unpaired) electrons. The van der Waals surface area contributed by atoms with Crippen LogP contribution in [0.4, 0.5) is 0 Å². The van der Waals surface area contributed by atoms with Gasteiger partial charge in [0.1, 0.15) is 0 Å². The molecule has 1 aliphatic heterocycles. The zero-order valence-corrected chi connectivity index (χ0v) is 9.32. The highest BCUT2D eigenvalue weighted by Gasteiger charge is 2.17. The number of rotatable bonds is 3. The maximum Gasteiger partial charge on any atom is 0.239 e. The summed E-state index contributed by atoms with van der Waals surface area (Å²) in [7, 11) is 0. The highest BCUT2D eigenvalue weighted by Crippen LogP contribution is 1.95. The van der Waals surface area contributed by atoms with Crippen molar-refractivity contribution in [1.82, 2.24) is 15.5 Å². The second-order valence-electron chi connectivity index (χ2n) is 3.36. The SMILES string of the molecule is CCCCNC(=S)N1CCNC(=O)C1. The number of hydrogen-bond donors (Lipinski definition) is 2. The molecule has 14 heavy (non-hydrogen) atoms. The molecule has 1 aliphatic rings. The van der Waals surface area contributed by atoms with Crippen molar-refractivity contribution in [2.75, 3.05) is 26.2 Å². The number of carbonyl (C=O) groups is 1. The van der Waals surface area contributed by atoms with Crippen molar-refractivity contribution in [2.24, 2.45) is 0 Å². The molecule has 0 aromatic carbocycles. The molecule has 1 fully saturated rings. The molecule has 5 heteroatoms. The molecule has 2 N–H and O–H groups in total. The first kappa shape index (κ1) is 11.2. The summed E-state index contributed by atoms with van der Waals surface area (Å²) < 4.78 is 0. The lowest BCUT2D eigenvalue weighted by atomic mass is 10.3. The lowest BCUT2D eigenvalue weighted by Crippen LogP contribution is -2.52. The van der Waals surface area contributed by atoms with E-state index in [0.29, 0.717) is 18.2 Å². The second kappa shape index (κ2) is 5.80. The summed E-state index contributed by atoms with van der Waals surface area (Å²) in [6.07, 6.45) is 2.26. The van der Waals surface area contributed by atoms with Crippen LogP contribution in [0.5, 0.6) is 0 Å². The van der Waals surface area contributed by atoms with Crippen LogP contribution in [0.25, 0.3) is 0 Å². The van der Waals surface area contributed by atoms with Crippen LogP contribution in [0.15, 0.2) is 0 Å². The van der Waals surface area contributed by atoms with Crippen LogP contribution in [0, 0.1) is 0 Å². The van der Waals surface area contributed by atoms with Crippen molar-refractivity contribution < 1.29 is 4.79 Å². The Morgan fingerprint density at radius 1 is 1.71 bits per heavy atom. The Morgan fingerprint density at radius 3 is 3.14 bits per heavy atom. The number of unbranched alkanes of at least 4 members (excludes halogenated alkanes) is 1. The molecule has 1 amide bonds. The molecule has 1 heterocycles. The van der Waals surface area contributed by atoms with Gasteiger partial charge in [-0.3, -0.25) is 4.79 Å². The summed E-state index contributed by atoms with van der Waals surface area (Å²) in [5.41, 5.74) is 0. The van der Waals surface area contributed by atoms with Gasteiger partial charge < -0.3 is 15.5 Å². The summed E-state index contributed by atoms with van der Waals surface area (Å²) >= 11 is 5.18. The summed E-state index contributed by atoms with van der Waals surface area (Å²) in [6, 6.07) is 0. The maximum absolute atomic E-state index is 11.1. The summed E-state index contributed by atoms with van der Waals surface area (Å²) in [5, 5.41) is 6.62. The molecular weight excluding hydrogens is 198 g/mol. The van der Waals surface area contributed by atoms with E-state index < -0.39 is 0 Å². The molecule has 0 aliphatic carbocycles. The summed E-state index contributed by atoms with van der Waals surface area (Å²) in [5.74, 6) is 0.0518. The topological polar surface area (TPSA) is 44.4 Å². The number of hydrogen-bond acceptors (Lipinski definition) is 2. The van der Waals surface area contributed by atoms with Crippen LogP contribution >= 0.6 is 12.2 Å². The number of nitrogens with one attached hydrogen (secondary N) is 2. The molecule has 0 atom stereocenters. The molecule has 0 spiro atoms. The predicted octanol–water partition coefficient (Wildman–Crippen LogP) is 0.0928. The monoisotopic (exact) mass is 215 g/mol. The number of nitrogens with zero attached hydrogens (tertiary/aromatic N) is 1. The number of carbonyl (C=O) groups excluding carboxylic acids is 1. The van der Waals surface area contributed by atoms with E-state index in [1.165, 1.54) is 0 Å². The third-order valence-corrected chi connectivity index (χ3v) is 2.53. The Morgan fingerprint density at radius 2 is 2.50 bits per heavy atom. The van der Waals surface area contributed by atoms with E-state index in [4.69, 9.17) is 12.2 Å². The fourth-order valence-electron chi connectivity index (χ4n) is 1.30. The fourth-order valence-corrected chi connectivity index (χ4v) is 1.55. The molecule has 0 aromatic heterocycles. The van der Waals surface area contributed by atoms with Crippen molar-refractivity contribution in [3.05, 3.63) is 0 Å². The number of piperazine rings is 1. The van der Waals surface area contributed by atoms with E-state index in [9.17, 15) is 4.79 Å². The molecule has 0 saturated carbocycles. The van der Waals surface area contributed by atoms with Crippen molar-refractivity contribution in [3.63, 3.8) is 0 Å². The summed E-state index contributed by atoms with van der Waals surface area (Å²) in [6.45, 7) is 4.92. The van der Waals surface area contributed by atoms with Crippen molar-refractivity contribution in [1.29, 1.82) is 0 Å². The third kappa shape index (κ3) is 3.49. The Kier molecular flexibility index (Phi) is 4.65. The van der Waals surface area contributed by atoms with Gasteiger partial charge in [-0.2, -0.15) is 0 Å². The minimum atomic E-state index is 0.0518. The largest absolute Gasteiger partial charge is 0.363 e. The van der Waals surface area contributed by atoms with Crippen LogP contribution in [0.3, 0.4) is 0 Å². The zero-order chi connectivity index (χ0) is 10.4. The minimum absolute atomic E-state index is 0.0518. The predicted molar refractivity (Wildman–Crippen MR) is 60.1 cm³/mol. The van der Waals surface area contributed by atoms with E-state index in [1.807, 2.05) is 4.90 Å². The molecule has 80 valence electrons. The van der Waals surface area contributed by atoms with Crippen molar-refractivity contribution >= 4 is 23.2 Å². The van der Waals surface area contributed by atoms with E-state index in [1.54, 1.807) is 0 Å². The van der Waals surface area contributed by atoms with E-state index in [2.05, 4.69) is 17.6 Å². The number of amides is 1. The van der Waals surface area contributed by atoms with Gasteiger partial charge in [0.2, 0.25) is 5.91 Å². The normalized spacial score (nSPS) is 16.4. The van der Waals surface area contributed by atoms with E-state index in [0.717, 1.165) is 25.9 Å². The van der Waals surface area contributed by atoms with Gasteiger partial charge in [0.25, 0.3) is 0 Å². The minimum Gasteiger partial charge on any atom is -0.363 e. The first-order valence-corrected chi connectivity index (χ1v) is 5.44. The molecule has 0 aromatic rings. The fraction of sp³-hybridized carbons (Fsp3) is 0.778. The maximum atomic E-state index is 11.1. The van der Waals surface area contributed by atoms with Crippen LogP contribution in [-0.4, -0.2) is 42.1 Å². The highest BCUT2D eigenvalue weighted by atomic mass is 32.1. The van der Waals surface area contributed by atoms with Crippen LogP contribution in [0.2, 0.25) is 0 Å². The van der Waals surface area contributed by atoms with Gasteiger partial charge in [0.05, 0.1) is 6.54 Å². The Labute approximate surface area is 90.0 Å². The van der Waals surface area contributed by atoms with Gasteiger partial charge in [0.15, 0.2) is 5.11 Å². The molecule has 1 saturated heterocycles. The van der Waals surface area contributed by atoms with Gasteiger partial charge in [-0.15, -0.1) is 0 Å². The Hall–Kier alpha value is -0.840. The van der Waals surface area contributed by atoms with Crippen LogP contribution in [0.1, 0.15) is 19.8 Å². The molecule has 0 unspecified atom stereocenters. The molecule has 1 rings (SSSR count). The average Bonchev–Trinajstić information content (AvgIpc) is 2.18. The molecule has 4 nitrogen and oxygen atoms in total. The van der Waals surface area contributed by atoms with Crippen molar-refractivity contribution in [2.45, 2.75) is 19.8 Å². The average molecular weight is 215 g/mol. The highest BCUT2D eigenvalue weighted by molar-refractivity contribution is 7.80. The quantitative estimate of drug-likeness (QED) is 0.517. The smallest absolute Gasteiger partial charge is 0.239 e. The first-order chi connectivity index (χ1) is 6.74. The zero-order valence-electron chi connectivity index (χ0n) is 8.51. The second-order valence-corrected chi connectivity index (χ2v) is 3.74. The molecule has 0 bridgehead atoms. The lowest BCUT2D eigenvalue weighted by molar-refractivity contribution is -0.122. The Balaban J connectivity index is 2.25. The van der Waals surface area contributed by atoms with Gasteiger partial charge >= 0.3 is 0 Å². The van der Waals surface area contributed by atoms with Crippen LogP contribution in [-0.2, 0) is 4.79 Å². The lowest BCUT2D eigenvalue weighted by Gasteiger charge is -2.29. The van der Waals surface area contributed by atoms with E-state index in [-0.39, 0.29) is 5.91 Å². The third-order valence-electron chi connectivity index (χ3n) is 2.13. The van der Waals surface area contributed by atoms with Gasteiger partial charge in [-0.25, -0.2) is 0 Å². The van der Waals surface area contributed by atoms with Crippen molar-refractivity contribution in [3.8, 4) is 0 Å². The first-order valence-electron chi connectivity index (χ1n) is 5.03. The Bertz CT molecular complexity index is 220. The van der Waals surface area contributed by atoms with Gasteiger partial charge in [-0.05, 0) is 18.6 Å². The standard InChI is InChI=1S/C9H17N3OS/c1-2-3-4-11-9(14)12-6-5-10-8(13)7-12/h2-7H2,1H3,(H,10,13)(H,11,14). The van der Waals surface area contributed by atoms with Gasteiger partial charge in [-0.1, -0.05) is 13.3 Å². The number of thiocarbonyl (C=S) groups is 1. The van der Waals surface area contributed by atoms with E-state index >= 15 is 0 Å². The molecular formula is C9H17N3OS. The summed E-state index contributed by atoms with van der Waals surface area (Å²) in [4.78, 5) is 13.0.